The summed E-state index contributed by atoms with van der Waals surface area (Å²) in [4.78, 5) is 11.8. The summed E-state index contributed by atoms with van der Waals surface area (Å²) in [5, 5.41) is 0.376. The number of hydrogen-bond donors (Lipinski definition) is 0. The molecule has 6 rings (SSSR count). The average Bonchev–Trinajstić information content (AvgIpc) is 3.22. The molecule has 6 nitrogen and oxygen atoms in total. The van der Waals surface area contributed by atoms with Gasteiger partial charge in [0.05, 0.1) is 36.4 Å². The van der Waals surface area contributed by atoms with E-state index in [1.165, 1.54) is 11.6 Å². The van der Waals surface area contributed by atoms with E-state index in [0.29, 0.717) is 16.3 Å². The SMILES string of the molecule is Fc1cc(Cl)ccc1COc1cccc(C2=CCN(Cc3nc4cc(Br)ncc4n3CC3CCO3)CC2)c1. The van der Waals surface area contributed by atoms with Crippen LogP contribution in [-0.2, 0) is 24.4 Å². The van der Waals surface area contributed by atoms with Gasteiger partial charge in [0.2, 0.25) is 0 Å². The molecule has 2 aliphatic rings. The molecule has 38 heavy (non-hydrogen) atoms. The Balaban J connectivity index is 1.13. The summed E-state index contributed by atoms with van der Waals surface area (Å²) >= 11 is 9.32. The topological polar surface area (TPSA) is 52.4 Å². The molecule has 0 saturated carbocycles. The summed E-state index contributed by atoms with van der Waals surface area (Å²) in [6.45, 7) is 4.31. The smallest absolute Gasteiger partial charge is 0.131 e. The summed E-state index contributed by atoms with van der Waals surface area (Å²) in [5.74, 6) is 1.39. The predicted molar refractivity (Wildman–Crippen MR) is 150 cm³/mol. The van der Waals surface area contributed by atoms with Crippen LogP contribution in [-0.4, -0.2) is 45.2 Å². The standard InChI is InChI=1S/C29H27BrClFN4O2/c30-28-14-26-27(15-33-28)36(16-24-8-11-37-24)29(34-26)17-35-9-6-19(7-10-35)20-2-1-3-23(12-20)38-18-21-4-5-22(31)13-25(21)32/h1-6,12-15,24H,7-11,16-18H2. The van der Waals surface area contributed by atoms with Gasteiger partial charge in [0, 0.05) is 30.3 Å². The Morgan fingerprint density at radius 3 is 2.84 bits per heavy atom. The molecule has 2 aromatic heterocycles. The molecule has 4 heterocycles. The third-order valence-corrected chi connectivity index (χ3v) is 7.80. The summed E-state index contributed by atoms with van der Waals surface area (Å²) in [5.41, 5.74) is 4.88. The van der Waals surface area contributed by atoms with Crippen LogP contribution in [0.4, 0.5) is 4.39 Å². The number of aromatic nitrogens is 3. The average molecular weight is 598 g/mol. The molecule has 2 aliphatic heterocycles. The molecule has 196 valence electrons. The monoisotopic (exact) mass is 596 g/mol. The lowest BCUT2D eigenvalue weighted by molar-refractivity contribution is -0.0591. The number of rotatable bonds is 8. The first kappa shape index (κ1) is 25.5. The van der Waals surface area contributed by atoms with Crippen molar-refractivity contribution >= 4 is 44.1 Å². The first-order chi connectivity index (χ1) is 18.5. The number of fused-ring (bicyclic) bond motifs is 1. The van der Waals surface area contributed by atoms with Gasteiger partial charge in [-0.3, -0.25) is 4.90 Å². The number of nitrogens with zero attached hydrogens (tertiary/aromatic N) is 4. The molecule has 2 aromatic carbocycles. The van der Waals surface area contributed by atoms with Crippen molar-refractivity contribution in [2.45, 2.75) is 38.6 Å². The van der Waals surface area contributed by atoms with Crippen molar-refractivity contribution in [3.05, 3.63) is 93.2 Å². The Kier molecular flexibility index (Phi) is 7.48. The Morgan fingerprint density at radius 1 is 1.18 bits per heavy atom. The van der Waals surface area contributed by atoms with Gasteiger partial charge in [0.15, 0.2) is 0 Å². The Labute approximate surface area is 234 Å². The fourth-order valence-electron chi connectivity index (χ4n) is 4.91. The van der Waals surface area contributed by atoms with Crippen molar-refractivity contribution in [3.8, 4) is 5.75 Å². The van der Waals surface area contributed by atoms with Crippen molar-refractivity contribution in [1.82, 2.24) is 19.4 Å². The van der Waals surface area contributed by atoms with Gasteiger partial charge < -0.3 is 14.0 Å². The van der Waals surface area contributed by atoms with E-state index < -0.39 is 0 Å². The van der Waals surface area contributed by atoms with Crippen LogP contribution in [0, 0.1) is 5.82 Å². The number of halogens is 3. The van der Waals surface area contributed by atoms with Crippen molar-refractivity contribution < 1.29 is 13.9 Å². The number of benzene rings is 2. The maximum atomic E-state index is 14.1. The minimum absolute atomic E-state index is 0.151. The van der Waals surface area contributed by atoms with Gasteiger partial charge in [-0.25, -0.2) is 14.4 Å². The normalized spacial score (nSPS) is 17.9. The second kappa shape index (κ2) is 11.1. The van der Waals surface area contributed by atoms with Gasteiger partial charge >= 0.3 is 0 Å². The third kappa shape index (κ3) is 5.64. The van der Waals surface area contributed by atoms with E-state index in [1.807, 2.05) is 30.5 Å². The van der Waals surface area contributed by atoms with E-state index in [2.05, 4.69) is 42.5 Å². The minimum Gasteiger partial charge on any atom is -0.489 e. The largest absolute Gasteiger partial charge is 0.489 e. The van der Waals surface area contributed by atoms with Gasteiger partial charge in [-0.1, -0.05) is 35.9 Å². The molecule has 0 N–H and O–H groups in total. The van der Waals surface area contributed by atoms with Crippen LogP contribution in [0.1, 0.15) is 29.8 Å². The zero-order chi connectivity index (χ0) is 26.1. The van der Waals surface area contributed by atoms with Crippen molar-refractivity contribution in [3.63, 3.8) is 0 Å². The minimum atomic E-state index is -0.360. The molecule has 4 aromatic rings. The van der Waals surface area contributed by atoms with E-state index >= 15 is 0 Å². The lowest BCUT2D eigenvalue weighted by atomic mass is 9.99. The lowest BCUT2D eigenvalue weighted by Gasteiger charge is -2.29. The quantitative estimate of drug-likeness (QED) is 0.213. The number of imidazole rings is 1. The van der Waals surface area contributed by atoms with Crippen molar-refractivity contribution in [2.75, 3.05) is 19.7 Å². The predicted octanol–water partition coefficient (Wildman–Crippen LogP) is 6.64. The molecular weight excluding hydrogens is 571 g/mol. The summed E-state index contributed by atoms with van der Waals surface area (Å²) in [6.07, 6.45) is 6.42. The summed E-state index contributed by atoms with van der Waals surface area (Å²) in [7, 11) is 0. The van der Waals surface area contributed by atoms with E-state index in [4.69, 9.17) is 26.1 Å². The van der Waals surface area contributed by atoms with Crippen LogP contribution in [0.2, 0.25) is 5.02 Å². The number of hydrogen-bond acceptors (Lipinski definition) is 5. The highest BCUT2D eigenvalue weighted by Gasteiger charge is 2.23. The van der Waals surface area contributed by atoms with Crippen molar-refractivity contribution in [2.24, 2.45) is 0 Å². The number of ether oxygens (including phenoxy) is 2. The Hall–Kier alpha value is -2.78. The highest BCUT2D eigenvalue weighted by molar-refractivity contribution is 9.10. The zero-order valence-electron chi connectivity index (χ0n) is 20.7. The molecule has 9 heteroatoms. The van der Waals surface area contributed by atoms with E-state index in [9.17, 15) is 4.39 Å². The van der Waals surface area contributed by atoms with Gasteiger partial charge in [-0.05, 0) is 70.2 Å². The van der Waals surface area contributed by atoms with Crippen LogP contribution in [0.25, 0.3) is 16.6 Å². The molecular formula is C29H27BrClFN4O2. The first-order valence-corrected chi connectivity index (χ1v) is 13.9. The Bertz CT molecular complexity index is 1500. The zero-order valence-corrected chi connectivity index (χ0v) is 23.1. The summed E-state index contributed by atoms with van der Waals surface area (Å²) in [6, 6.07) is 14.6. The first-order valence-electron chi connectivity index (χ1n) is 12.7. The molecule has 1 unspecified atom stereocenters. The molecule has 0 spiro atoms. The fraction of sp³-hybridized carbons (Fsp3) is 0.310. The van der Waals surface area contributed by atoms with Crippen LogP contribution in [0.3, 0.4) is 0 Å². The van der Waals surface area contributed by atoms with E-state index in [0.717, 1.165) is 72.7 Å². The van der Waals surface area contributed by atoms with E-state index in [-0.39, 0.29) is 18.5 Å². The van der Waals surface area contributed by atoms with Gasteiger partial charge in [0.25, 0.3) is 0 Å². The van der Waals surface area contributed by atoms with Gasteiger partial charge in [-0.2, -0.15) is 0 Å². The molecule has 1 atom stereocenters. The van der Waals surface area contributed by atoms with Gasteiger partial charge in [0.1, 0.15) is 28.6 Å². The maximum Gasteiger partial charge on any atom is 0.131 e. The molecule has 1 saturated heterocycles. The second-order valence-electron chi connectivity index (χ2n) is 9.68. The lowest BCUT2D eigenvalue weighted by Crippen LogP contribution is -2.33. The molecule has 0 bridgehead atoms. The number of pyridine rings is 1. The van der Waals surface area contributed by atoms with E-state index in [1.54, 1.807) is 12.1 Å². The second-order valence-corrected chi connectivity index (χ2v) is 10.9. The fourth-order valence-corrected chi connectivity index (χ4v) is 5.39. The van der Waals surface area contributed by atoms with Crippen LogP contribution in [0.5, 0.6) is 5.75 Å². The highest BCUT2D eigenvalue weighted by atomic mass is 79.9. The van der Waals surface area contributed by atoms with Crippen LogP contribution < -0.4 is 4.74 Å². The van der Waals surface area contributed by atoms with Gasteiger partial charge in [-0.15, -0.1) is 0 Å². The molecule has 1 fully saturated rings. The third-order valence-electron chi connectivity index (χ3n) is 7.13. The molecule has 0 aliphatic carbocycles. The van der Waals surface area contributed by atoms with Crippen LogP contribution >= 0.6 is 27.5 Å². The van der Waals surface area contributed by atoms with Crippen molar-refractivity contribution in [1.29, 1.82) is 0 Å². The maximum absolute atomic E-state index is 14.1. The van der Waals surface area contributed by atoms with Crippen LogP contribution in [0.15, 0.2) is 65.4 Å². The molecule has 0 amide bonds. The highest BCUT2D eigenvalue weighted by Crippen LogP contribution is 2.28. The molecule has 0 radical (unpaired) electrons. The Morgan fingerprint density at radius 2 is 2.08 bits per heavy atom. The summed E-state index contributed by atoms with van der Waals surface area (Å²) < 4.78 is 28.8.